The second kappa shape index (κ2) is 8.76. The summed E-state index contributed by atoms with van der Waals surface area (Å²) in [5.74, 6) is -0.691. The maximum atomic E-state index is 12.6. The second-order valence-corrected chi connectivity index (χ2v) is 7.57. The third-order valence-corrected chi connectivity index (χ3v) is 5.19. The lowest BCUT2D eigenvalue weighted by molar-refractivity contribution is -0.137. The molecule has 12 heteroatoms. The number of pyridine rings is 1. The Morgan fingerprint density at radius 2 is 1.96 bits per heavy atom. The van der Waals surface area contributed by atoms with E-state index in [-0.39, 0.29) is 34.4 Å². The molecular formula is C16H15ClF3N3O4S. The Bertz CT molecular complexity index is 968. The van der Waals surface area contributed by atoms with Crippen molar-refractivity contribution in [2.45, 2.75) is 11.1 Å². The Kier molecular flexibility index (Phi) is 6.86. The summed E-state index contributed by atoms with van der Waals surface area (Å²) in [6, 6.07) is 5.99. The molecule has 0 saturated carbocycles. The van der Waals surface area contributed by atoms with Gasteiger partial charge in [-0.3, -0.25) is 0 Å². The smallest absolute Gasteiger partial charge is 0.417 e. The van der Waals surface area contributed by atoms with Crippen molar-refractivity contribution in [3.63, 3.8) is 0 Å². The van der Waals surface area contributed by atoms with Crippen molar-refractivity contribution in [3.05, 3.63) is 52.7 Å². The third-order valence-electron chi connectivity index (χ3n) is 3.44. The summed E-state index contributed by atoms with van der Waals surface area (Å²) < 4.78 is 69.1. The van der Waals surface area contributed by atoms with E-state index in [9.17, 15) is 26.4 Å². The molecule has 0 atom stereocenters. The van der Waals surface area contributed by atoms with E-state index < -0.39 is 27.7 Å². The zero-order valence-electron chi connectivity index (χ0n) is 14.4. The van der Waals surface area contributed by atoms with Gasteiger partial charge in [0.1, 0.15) is 5.82 Å². The maximum Gasteiger partial charge on any atom is 0.417 e. The Morgan fingerprint density at radius 3 is 2.57 bits per heavy atom. The number of hydrogen-bond donors (Lipinski definition) is 2. The first kappa shape index (κ1) is 21.9. The summed E-state index contributed by atoms with van der Waals surface area (Å²) in [6.45, 7) is -0.0994. The molecule has 1 aromatic carbocycles. The maximum absolute atomic E-state index is 12.6. The van der Waals surface area contributed by atoms with Crippen LogP contribution in [0, 0.1) is 0 Å². The number of nitrogens with zero attached hydrogens (tertiary/aromatic N) is 1. The van der Waals surface area contributed by atoms with Crippen LogP contribution in [-0.4, -0.2) is 39.6 Å². The van der Waals surface area contributed by atoms with Gasteiger partial charge < -0.3 is 10.1 Å². The first-order valence-electron chi connectivity index (χ1n) is 7.69. The molecule has 2 N–H and O–H groups in total. The number of anilines is 1. The van der Waals surface area contributed by atoms with Gasteiger partial charge in [0.2, 0.25) is 10.0 Å². The van der Waals surface area contributed by atoms with Gasteiger partial charge in [0.05, 0.1) is 28.2 Å². The quantitative estimate of drug-likeness (QED) is 0.510. The van der Waals surface area contributed by atoms with Crippen LogP contribution >= 0.6 is 11.6 Å². The molecule has 0 spiro atoms. The number of rotatable bonds is 7. The fourth-order valence-corrected chi connectivity index (χ4v) is 3.39. The summed E-state index contributed by atoms with van der Waals surface area (Å²) in [5, 5.41) is 2.40. The Balaban J connectivity index is 1.97. The number of esters is 1. The van der Waals surface area contributed by atoms with E-state index in [0.717, 1.165) is 12.1 Å². The van der Waals surface area contributed by atoms with Crippen molar-refractivity contribution in [1.29, 1.82) is 0 Å². The van der Waals surface area contributed by atoms with Crippen LogP contribution in [-0.2, 0) is 20.9 Å². The molecule has 0 bridgehead atoms. The van der Waals surface area contributed by atoms with Crippen LogP contribution in [0.4, 0.5) is 19.0 Å². The molecule has 0 saturated heterocycles. The van der Waals surface area contributed by atoms with E-state index >= 15 is 0 Å². The van der Waals surface area contributed by atoms with E-state index in [0.29, 0.717) is 6.20 Å². The molecule has 0 aliphatic carbocycles. The van der Waals surface area contributed by atoms with Crippen molar-refractivity contribution in [1.82, 2.24) is 9.71 Å². The Hall–Kier alpha value is -2.37. The molecule has 0 radical (unpaired) electrons. The number of aromatic nitrogens is 1. The molecule has 152 valence electrons. The van der Waals surface area contributed by atoms with Gasteiger partial charge in [-0.05, 0) is 24.3 Å². The average molecular weight is 438 g/mol. The van der Waals surface area contributed by atoms with Crippen molar-refractivity contribution < 1.29 is 31.1 Å². The lowest BCUT2D eigenvalue weighted by atomic mass is 10.2. The zero-order chi connectivity index (χ0) is 20.9. The van der Waals surface area contributed by atoms with Crippen LogP contribution in [0.15, 0.2) is 41.4 Å². The lowest BCUT2D eigenvalue weighted by Gasteiger charge is -2.11. The highest BCUT2D eigenvalue weighted by Gasteiger charge is 2.31. The van der Waals surface area contributed by atoms with Gasteiger partial charge in [0.15, 0.2) is 0 Å². The van der Waals surface area contributed by atoms with Crippen molar-refractivity contribution in [2.75, 3.05) is 25.5 Å². The van der Waals surface area contributed by atoms with E-state index in [2.05, 4.69) is 19.8 Å². The van der Waals surface area contributed by atoms with Crippen LogP contribution in [0.2, 0.25) is 5.02 Å². The lowest BCUT2D eigenvalue weighted by Crippen LogP contribution is -2.29. The minimum Gasteiger partial charge on any atom is -0.465 e. The molecule has 1 aromatic heterocycles. The molecular weight excluding hydrogens is 423 g/mol. The van der Waals surface area contributed by atoms with Gasteiger partial charge in [-0.15, -0.1) is 0 Å². The number of halogens is 4. The SMILES string of the molecule is COC(=O)c1cccc(S(=O)(=O)NCCNc2ncc(C(F)(F)F)cc2Cl)c1. The number of carbonyl (C=O) groups excluding carboxylic acids is 1. The third kappa shape index (κ3) is 5.57. The van der Waals surface area contributed by atoms with Crippen LogP contribution in [0.5, 0.6) is 0 Å². The number of alkyl halides is 3. The summed E-state index contributed by atoms with van der Waals surface area (Å²) in [4.78, 5) is 14.9. The van der Waals surface area contributed by atoms with E-state index in [1.807, 2.05) is 0 Å². The number of benzene rings is 1. The highest BCUT2D eigenvalue weighted by Crippen LogP contribution is 2.32. The predicted molar refractivity (Wildman–Crippen MR) is 95.7 cm³/mol. The minimum atomic E-state index is -4.57. The summed E-state index contributed by atoms with van der Waals surface area (Å²) in [5.41, 5.74) is -0.918. The van der Waals surface area contributed by atoms with Crippen LogP contribution in [0.25, 0.3) is 0 Å². The molecule has 0 fully saturated rings. The summed E-state index contributed by atoms with van der Waals surface area (Å²) in [6.07, 6.45) is -3.94. The number of ether oxygens (including phenoxy) is 1. The number of sulfonamides is 1. The van der Waals surface area contributed by atoms with Crippen LogP contribution in [0.1, 0.15) is 15.9 Å². The Morgan fingerprint density at radius 1 is 1.25 bits per heavy atom. The van der Waals surface area contributed by atoms with Crippen molar-refractivity contribution in [2.24, 2.45) is 0 Å². The Labute approximate surface area is 163 Å². The fraction of sp³-hybridized carbons (Fsp3) is 0.250. The minimum absolute atomic E-state index is 0.00794. The first-order chi connectivity index (χ1) is 13.0. The van der Waals surface area contributed by atoms with E-state index in [1.165, 1.54) is 25.3 Å². The normalized spacial score (nSPS) is 11.9. The van der Waals surface area contributed by atoms with Gasteiger partial charge in [0.25, 0.3) is 0 Å². The fourth-order valence-electron chi connectivity index (χ4n) is 2.08. The van der Waals surface area contributed by atoms with Gasteiger partial charge in [-0.25, -0.2) is 22.9 Å². The summed E-state index contributed by atoms with van der Waals surface area (Å²) >= 11 is 5.75. The van der Waals surface area contributed by atoms with Gasteiger partial charge in [0, 0.05) is 19.3 Å². The second-order valence-electron chi connectivity index (χ2n) is 5.40. The average Bonchev–Trinajstić information content (AvgIpc) is 2.64. The molecule has 2 aromatic rings. The topological polar surface area (TPSA) is 97.4 Å². The number of methoxy groups -OCH3 is 1. The zero-order valence-corrected chi connectivity index (χ0v) is 16.0. The molecule has 0 amide bonds. The van der Waals surface area contributed by atoms with Crippen LogP contribution in [0.3, 0.4) is 0 Å². The predicted octanol–water partition coefficient (Wildman–Crippen LogP) is 2.93. The molecule has 28 heavy (non-hydrogen) atoms. The molecule has 1 heterocycles. The monoisotopic (exact) mass is 437 g/mol. The number of nitrogens with one attached hydrogen (secondary N) is 2. The first-order valence-corrected chi connectivity index (χ1v) is 9.55. The van der Waals surface area contributed by atoms with E-state index in [1.54, 1.807) is 0 Å². The standard InChI is InChI=1S/C16H15ClF3N3O4S/c1-27-15(24)10-3-2-4-12(7-10)28(25,26)23-6-5-21-14-13(17)8-11(9-22-14)16(18,19)20/h2-4,7-9,23H,5-6H2,1H3,(H,21,22). The largest absolute Gasteiger partial charge is 0.465 e. The molecule has 0 aliphatic rings. The molecule has 0 aliphatic heterocycles. The van der Waals surface area contributed by atoms with Crippen molar-refractivity contribution in [3.8, 4) is 0 Å². The molecule has 2 rings (SSSR count). The number of hydrogen-bond acceptors (Lipinski definition) is 6. The van der Waals surface area contributed by atoms with Crippen molar-refractivity contribution >= 4 is 33.4 Å². The van der Waals surface area contributed by atoms with Gasteiger partial charge >= 0.3 is 12.1 Å². The highest BCUT2D eigenvalue weighted by atomic mass is 35.5. The van der Waals surface area contributed by atoms with Gasteiger partial charge in [-0.2, -0.15) is 13.2 Å². The molecule has 0 unspecified atom stereocenters. The van der Waals surface area contributed by atoms with Crippen LogP contribution < -0.4 is 10.0 Å². The van der Waals surface area contributed by atoms with E-state index in [4.69, 9.17) is 11.6 Å². The van der Waals surface area contributed by atoms with Gasteiger partial charge in [-0.1, -0.05) is 17.7 Å². The number of carbonyl (C=O) groups is 1. The summed E-state index contributed by atoms with van der Waals surface area (Å²) in [7, 11) is -2.74. The molecule has 7 nitrogen and oxygen atoms in total. The highest BCUT2D eigenvalue weighted by molar-refractivity contribution is 7.89.